The van der Waals surface area contributed by atoms with E-state index in [0.29, 0.717) is 0 Å². The number of rotatable bonds is 5. The Bertz CT molecular complexity index is 549. The second-order valence-corrected chi connectivity index (χ2v) is 4.63. The molecule has 0 atom stereocenters. The van der Waals surface area contributed by atoms with Gasteiger partial charge in [-0.3, -0.25) is 0 Å². The second-order valence-electron chi connectivity index (χ2n) is 4.63. The van der Waals surface area contributed by atoms with Crippen LogP contribution >= 0.6 is 0 Å². The number of benzene rings is 2. The fraction of sp³-hybridized carbons (Fsp3) is 0.294. The molecule has 0 aliphatic rings. The van der Waals surface area contributed by atoms with Gasteiger partial charge in [-0.15, -0.1) is 0 Å². The van der Waals surface area contributed by atoms with Crippen LogP contribution in [0.5, 0.6) is 5.75 Å². The van der Waals surface area contributed by atoms with Crippen LogP contribution in [0.4, 0.5) is 0 Å². The highest BCUT2D eigenvalue weighted by Gasteiger charge is 2.07. The molecule has 2 rings (SSSR count). The summed E-state index contributed by atoms with van der Waals surface area (Å²) in [6.07, 6.45) is 0. The van der Waals surface area contributed by atoms with Crippen molar-refractivity contribution >= 4 is 0 Å². The molecule has 0 saturated carbocycles. The summed E-state index contributed by atoms with van der Waals surface area (Å²) in [6.45, 7) is 6.18. The van der Waals surface area contributed by atoms with Crippen molar-refractivity contribution in [2.45, 2.75) is 20.4 Å². The van der Waals surface area contributed by atoms with Crippen LogP contribution in [0.15, 0.2) is 42.5 Å². The Hall–Kier alpha value is -1.80. The molecule has 0 radical (unpaired) electrons. The highest BCUT2D eigenvalue weighted by Crippen LogP contribution is 2.32. The summed E-state index contributed by atoms with van der Waals surface area (Å²) in [7, 11) is 1.72. The van der Waals surface area contributed by atoms with Crippen LogP contribution < -0.4 is 10.1 Å². The zero-order valence-electron chi connectivity index (χ0n) is 11.9. The molecule has 0 unspecified atom stereocenters. The molecule has 0 amide bonds. The second kappa shape index (κ2) is 6.39. The van der Waals surface area contributed by atoms with Crippen molar-refractivity contribution in [1.29, 1.82) is 0 Å². The molecule has 2 nitrogen and oxygen atoms in total. The van der Waals surface area contributed by atoms with Crippen molar-refractivity contribution in [3.05, 3.63) is 53.6 Å². The fourth-order valence-corrected chi connectivity index (χ4v) is 2.27. The van der Waals surface area contributed by atoms with E-state index in [1.165, 1.54) is 16.7 Å². The molecule has 2 aromatic carbocycles. The molecule has 0 aliphatic heterocycles. The van der Waals surface area contributed by atoms with Crippen molar-refractivity contribution in [1.82, 2.24) is 5.32 Å². The quantitative estimate of drug-likeness (QED) is 0.878. The monoisotopic (exact) mass is 255 g/mol. The molecular weight excluding hydrogens is 234 g/mol. The zero-order valence-corrected chi connectivity index (χ0v) is 11.9. The predicted octanol–water partition coefficient (Wildman–Crippen LogP) is 3.78. The van der Waals surface area contributed by atoms with Crippen LogP contribution in [0.3, 0.4) is 0 Å². The lowest BCUT2D eigenvalue weighted by atomic mass is 9.97. The molecule has 2 heteroatoms. The first-order chi connectivity index (χ1) is 9.26. The van der Waals surface area contributed by atoms with Gasteiger partial charge >= 0.3 is 0 Å². The summed E-state index contributed by atoms with van der Waals surface area (Å²) < 4.78 is 5.44. The minimum absolute atomic E-state index is 0.920. The molecule has 0 spiro atoms. The van der Waals surface area contributed by atoms with E-state index in [4.69, 9.17) is 4.74 Å². The molecule has 100 valence electrons. The van der Waals surface area contributed by atoms with Crippen molar-refractivity contribution in [3.63, 3.8) is 0 Å². The van der Waals surface area contributed by atoms with Gasteiger partial charge in [0, 0.05) is 12.1 Å². The normalized spacial score (nSPS) is 10.5. The smallest absolute Gasteiger partial charge is 0.126 e. The summed E-state index contributed by atoms with van der Waals surface area (Å²) in [5.41, 5.74) is 4.98. The van der Waals surface area contributed by atoms with Gasteiger partial charge in [-0.2, -0.15) is 0 Å². The summed E-state index contributed by atoms with van der Waals surface area (Å²) >= 11 is 0. The third kappa shape index (κ3) is 3.15. The molecule has 2 aromatic rings. The highest BCUT2D eigenvalue weighted by molar-refractivity contribution is 5.73. The van der Waals surface area contributed by atoms with Gasteiger partial charge in [0.1, 0.15) is 5.75 Å². The Morgan fingerprint density at radius 3 is 2.53 bits per heavy atom. The first-order valence-corrected chi connectivity index (χ1v) is 6.70. The molecule has 0 aromatic heterocycles. The highest BCUT2D eigenvalue weighted by atomic mass is 16.5. The van der Waals surface area contributed by atoms with Gasteiger partial charge in [-0.05, 0) is 36.2 Å². The van der Waals surface area contributed by atoms with Crippen LogP contribution in [0.1, 0.15) is 18.1 Å². The van der Waals surface area contributed by atoms with Gasteiger partial charge in [-0.25, -0.2) is 0 Å². The van der Waals surface area contributed by atoms with E-state index in [2.05, 4.69) is 43.4 Å². The molecular formula is C17H21NO. The zero-order chi connectivity index (χ0) is 13.7. The average Bonchev–Trinajstić information content (AvgIpc) is 2.45. The number of nitrogens with one attached hydrogen (secondary N) is 1. The lowest BCUT2D eigenvalue weighted by Crippen LogP contribution is -2.11. The van der Waals surface area contributed by atoms with Crippen molar-refractivity contribution in [2.75, 3.05) is 13.7 Å². The first-order valence-electron chi connectivity index (χ1n) is 6.70. The van der Waals surface area contributed by atoms with Crippen LogP contribution in [0, 0.1) is 6.92 Å². The SMILES string of the molecule is CCNCc1ccc(-c2ccccc2OC)c(C)c1. The number of para-hydroxylation sites is 1. The van der Waals surface area contributed by atoms with Crippen LogP contribution in [-0.2, 0) is 6.54 Å². The molecule has 19 heavy (non-hydrogen) atoms. The summed E-state index contributed by atoms with van der Waals surface area (Å²) in [4.78, 5) is 0. The summed E-state index contributed by atoms with van der Waals surface area (Å²) in [5, 5.41) is 3.35. The van der Waals surface area contributed by atoms with Crippen LogP contribution in [-0.4, -0.2) is 13.7 Å². The van der Waals surface area contributed by atoms with Gasteiger partial charge < -0.3 is 10.1 Å². The van der Waals surface area contributed by atoms with E-state index < -0.39 is 0 Å². The lowest BCUT2D eigenvalue weighted by Gasteiger charge is -2.12. The van der Waals surface area contributed by atoms with Gasteiger partial charge in [0.05, 0.1) is 7.11 Å². The van der Waals surface area contributed by atoms with Crippen molar-refractivity contribution < 1.29 is 4.74 Å². The molecule has 0 heterocycles. The van der Waals surface area contributed by atoms with E-state index in [1.807, 2.05) is 18.2 Å². The molecule has 0 saturated heterocycles. The maximum absolute atomic E-state index is 5.44. The first kappa shape index (κ1) is 13.6. The van der Waals surface area contributed by atoms with Crippen LogP contribution in [0.2, 0.25) is 0 Å². The van der Waals surface area contributed by atoms with E-state index in [0.717, 1.165) is 24.4 Å². The minimum Gasteiger partial charge on any atom is -0.496 e. The lowest BCUT2D eigenvalue weighted by molar-refractivity contribution is 0.416. The number of hydrogen-bond donors (Lipinski definition) is 1. The van der Waals surface area contributed by atoms with E-state index in [9.17, 15) is 0 Å². The van der Waals surface area contributed by atoms with E-state index in [1.54, 1.807) is 7.11 Å². The summed E-state index contributed by atoms with van der Waals surface area (Å²) in [5.74, 6) is 0.921. The Labute approximate surface area is 115 Å². The maximum Gasteiger partial charge on any atom is 0.126 e. The number of methoxy groups -OCH3 is 1. The largest absolute Gasteiger partial charge is 0.496 e. The molecule has 1 N–H and O–H groups in total. The number of aryl methyl sites for hydroxylation is 1. The van der Waals surface area contributed by atoms with E-state index in [-0.39, 0.29) is 0 Å². The predicted molar refractivity (Wildman–Crippen MR) is 80.5 cm³/mol. The number of hydrogen-bond acceptors (Lipinski definition) is 2. The standard InChI is InChI=1S/C17H21NO/c1-4-18-12-14-9-10-15(13(2)11-14)16-7-5-6-8-17(16)19-3/h5-11,18H,4,12H2,1-3H3. The van der Waals surface area contributed by atoms with Crippen molar-refractivity contribution in [3.8, 4) is 16.9 Å². The van der Waals surface area contributed by atoms with Gasteiger partial charge in [0.15, 0.2) is 0 Å². The Kier molecular flexibility index (Phi) is 4.58. The number of ether oxygens (including phenoxy) is 1. The Balaban J connectivity index is 2.35. The van der Waals surface area contributed by atoms with E-state index >= 15 is 0 Å². The molecule has 0 bridgehead atoms. The maximum atomic E-state index is 5.44. The average molecular weight is 255 g/mol. The fourth-order valence-electron chi connectivity index (χ4n) is 2.27. The topological polar surface area (TPSA) is 21.3 Å². The summed E-state index contributed by atoms with van der Waals surface area (Å²) in [6, 6.07) is 14.7. The van der Waals surface area contributed by atoms with Gasteiger partial charge in [-0.1, -0.05) is 43.3 Å². The van der Waals surface area contributed by atoms with Crippen LogP contribution in [0.25, 0.3) is 11.1 Å². The third-order valence-electron chi connectivity index (χ3n) is 3.27. The van der Waals surface area contributed by atoms with Crippen molar-refractivity contribution in [2.24, 2.45) is 0 Å². The Morgan fingerprint density at radius 1 is 1.05 bits per heavy atom. The Morgan fingerprint density at radius 2 is 1.84 bits per heavy atom. The minimum atomic E-state index is 0.920. The van der Waals surface area contributed by atoms with Gasteiger partial charge in [0.25, 0.3) is 0 Å². The molecule has 0 aliphatic carbocycles. The molecule has 0 fully saturated rings. The van der Waals surface area contributed by atoms with Gasteiger partial charge in [0.2, 0.25) is 0 Å². The third-order valence-corrected chi connectivity index (χ3v) is 3.27.